The summed E-state index contributed by atoms with van der Waals surface area (Å²) in [7, 11) is 0. The van der Waals surface area contributed by atoms with Gasteiger partial charge in [-0.3, -0.25) is 10.3 Å². The summed E-state index contributed by atoms with van der Waals surface area (Å²) < 4.78 is 76.6. The average molecular weight is 529 g/mol. The Morgan fingerprint density at radius 1 is 1.14 bits per heavy atom. The molecule has 8 nitrogen and oxygen atoms in total. The molecular weight excluding hydrogens is 511 g/mol. The third-order valence-corrected chi connectivity index (χ3v) is 5.24. The van der Waals surface area contributed by atoms with Crippen LogP contribution in [-0.4, -0.2) is 37.2 Å². The molecular formula is C22H18ClF5N6O2. The summed E-state index contributed by atoms with van der Waals surface area (Å²) in [5, 5.41) is 5.53. The standard InChI is InChI=1S/C22H18ClF5N6O2/c1-9-18-31-19(32-20(35)36-21(2,3)4)33-34(18)12-8-29-17(22(26,27)28)15(23)14(12)16(30-9)13-10(24)6-5-7-11(13)25/h5-9H,1-4H3,(H,32,33,35)/t9-/m0/s1. The number of nitrogens with one attached hydrogen (secondary N) is 1. The SMILES string of the molecule is C[C@@H]1N=C(c2c(F)cccc2F)c2c(cnc(C(F)(F)F)c2Cl)-n2nc(NC(=O)OC(C)(C)C)nc21. The first-order chi connectivity index (χ1) is 16.7. The Labute approximate surface area is 206 Å². The van der Waals surface area contributed by atoms with Crippen LogP contribution in [0.1, 0.15) is 56.4 Å². The van der Waals surface area contributed by atoms with E-state index in [0.717, 1.165) is 29.1 Å². The molecule has 2 aromatic heterocycles. The maximum atomic E-state index is 14.8. The van der Waals surface area contributed by atoms with E-state index >= 15 is 0 Å². The van der Waals surface area contributed by atoms with Gasteiger partial charge in [-0.05, 0) is 39.8 Å². The van der Waals surface area contributed by atoms with E-state index in [9.17, 15) is 26.7 Å². The number of alkyl halides is 3. The zero-order chi connectivity index (χ0) is 26.6. The molecule has 14 heteroatoms. The fraction of sp³-hybridized carbons (Fsp3) is 0.318. The molecule has 0 saturated carbocycles. The summed E-state index contributed by atoms with van der Waals surface area (Å²) >= 11 is 6.15. The molecule has 0 radical (unpaired) electrons. The van der Waals surface area contributed by atoms with Crippen LogP contribution in [0.4, 0.5) is 32.7 Å². The van der Waals surface area contributed by atoms with Crippen molar-refractivity contribution in [2.24, 2.45) is 4.99 Å². The van der Waals surface area contributed by atoms with Crippen LogP contribution in [0.5, 0.6) is 0 Å². The van der Waals surface area contributed by atoms with Crippen LogP contribution in [0.2, 0.25) is 5.02 Å². The van der Waals surface area contributed by atoms with Crippen molar-refractivity contribution >= 4 is 29.4 Å². The lowest BCUT2D eigenvalue weighted by atomic mass is 9.99. The minimum absolute atomic E-state index is 0.0340. The topological polar surface area (TPSA) is 94.3 Å². The van der Waals surface area contributed by atoms with Gasteiger partial charge in [0, 0.05) is 5.56 Å². The summed E-state index contributed by atoms with van der Waals surface area (Å²) in [4.78, 5) is 24.0. The van der Waals surface area contributed by atoms with E-state index in [1.54, 1.807) is 20.8 Å². The van der Waals surface area contributed by atoms with E-state index < -0.39 is 63.1 Å². The second kappa shape index (κ2) is 8.80. The number of hydrogen-bond acceptors (Lipinski definition) is 6. The van der Waals surface area contributed by atoms with Gasteiger partial charge in [-0.2, -0.15) is 18.2 Å². The van der Waals surface area contributed by atoms with E-state index in [-0.39, 0.29) is 17.5 Å². The Morgan fingerprint density at radius 3 is 2.36 bits per heavy atom. The molecule has 36 heavy (non-hydrogen) atoms. The number of anilines is 1. The number of nitrogens with zero attached hydrogens (tertiary/aromatic N) is 5. The molecule has 1 aliphatic heterocycles. The van der Waals surface area contributed by atoms with Gasteiger partial charge in [0.25, 0.3) is 5.95 Å². The molecule has 0 fully saturated rings. The first kappa shape index (κ1) is 25.5. The number of hydrogen-bond donors (Lipinski definition) is 1. The first-order valence-electron chi connectivity index (χ1n) is 10.4. The largest absolute Gasteiger partial charge is 0.444 e. The molecule has 1 aromatic carbocycles. The van der Waals surface area contributed by atoms with Crippen molar-refractivity contribution in [1.29, 1.82) is 0 Å². The molecule has 3 aromatic rings. The average Bonchev–Trinajstić information content (AvgIpc) is 3.09. The molecule has 1 aliphatic rings. The van der Waals surface area contributed by atoms with Gasteiger partial charge in [0.2, 0.25) is 0 Å². The van der Waals surface area contributed by atoms with Crippen LogP contribution < -0.4 is 5.32 Å². The predicted molar refractivity (Wildman–Crippen MR) is 119 cm³/mol. The second-order valence-corrected chi connectivity index (χ2v) is 9.14. The van der Waals surface area contributed by atoms with Crippen molar-refractivity contribution in [3.8, 4) is 5.69 Å². The number of rotatable bonds is 2. The maximum absolute atomic E-state index is 14.8. The van der Waals surface area contributed by atoms with Crippen molar-refractivity contribution in [1.82, 2.24) is 19.7 Å². The van der Waals surface area contributed by atoms with Gasteiger partial charge in [-0.25, -0.2) is 23.2 Å². The summed E-state index contributed by atoms with van der Waals surface area (Å²) in [5.74, 6) is -2.34. The van der Waals surface area contributed by atoms with Gasteiger partial charge >= 0.3 is 12.3 Å². The lowest BCUT2D eigenvalue weighted by Gasteiger charge is -2.18. The van der Waals surface area contributed by atoms with Crippen LogP contribution >= 0.6 is 11.6 Å². The first-order valence-corrected chi connectivity index (χ1v) is 10.8. The van der Waals surface area contributed by atoms with Gasteiger partial charge in [0.15, 0.2) is 11.5 Å². The number of fused-ring (bicyclic) bond motifs is 3. The summed E-state index contributed by atoms with van der Waals surface area (Å²) in [6.45, 7) is 6.41. The number of ether oxygens (including phenoxy) is 1. The quantitative estimate of drug-likeness (QED) is 0.420. The van der Waals surface area contributed by atoms with Crippen LogP contribution in [0, 0.1) is 11.6 Å². The Balaban J connectivity index is 1.95. The van der Waals surface area contributed by atoms with Gasteiger partial charge in [0.1, 0.15) is 23.3 Å². The number of pyridine rings is 1. The molecule has 1 atom stereocenters. The molecule has 1 N–H and O–H groups in total. The van der Waals surface area contributed by atoms with Crippen molar-refractivity contribution in [3.63, 3.8) is 0 Å². The number of carbonyl (C=O) groups is 1. The van der Waals surface area contributed by atoms with Crippen LogP contribution in [0.15, 0.2) is 29.4 Å². The van der Waals surface area contributed by atoms with Crippen molar-refractivity contribution in [3.05, 3.63) is 63.7 Å². The van der Waals surface area contributed by atoms with E-state index in [4.69, 9.17) is 16.3 Å². The molecule has 0 bridgehead atoms. The van der Waals surface area contributed by atoms with Gasteiger partial charge in [-0.15, -0.1) is 5.10 Å². The third-order valence-electron chi connectivity index (χ3n) is 4.87. The van der Waals surface area contributed by atoms with Crippen molar-refractivity contribution in [2.45, 2.75) is 45.5 Å². The molecule has 1 amide bonds. The molecule has 0 spiro atoms. The molecule has 4 rings (SSSR count). The molecule has 0 saturated heterocycles. The number of benzene rings is 1. The maximum Gasteiger partial charge on any atom is 0.434 e. The Kier molecular flexibility index (Phi) is 6.23. The Morgan fingerprint density at radius 2 is 1.78 bits per heavy atom. The molecule has 3 heterocycles. The van der Waals surface area contributed by atoms with E-state index in [2.05, 4.69) is 25.4 Å². The van der Waals surface area contributed by atoms with Gasteiger partial charge < -0.3 is 4.74 Å². The van der Waals surface area contributed by atoms with Gasteiger partial charge in [0.05, 0.1) is 28.2 Å². The third kappa shape index (κ3) is 4.74. The Bertz CT molecular complexity index is 1380. The lowest BCUT2D eigenvalue weighted by Crippen LogP contribution is -2.27. The second-order valence-electron chi connectivity index (χ2n) is 8.76. The fourth-order valence-electron chi connectivity index (χ4n) is 3.51. The van der Waals surface area contributed by atoms with Gasteiger partial charge in [-0.1, -0.05) is 17.7 Å². The highest BCUT2D eigenvalue weighted by Crippen LogP contribution is 2.40. The zero-order valence-electron chi connectivity index (χ0n) is 19.2. The predicted octanol–water partition coefficient (Wildman–Crippen LogP) is 5.87. The number of aromatic nitrogens is 4. The van der Waals surface area contributed by atoms with Crippen LogP contribution in [-0.2, 0) is 10.9 Å². The molecule has 190 valence electrons. The normalized spacial score (nSPS) is 15.5. The molecule has 0 aliphatic carbocycles. The number of amides is 1. The lowest BCUT2D eigenvalue weighted by molar-refractivity contribution is -0.141. The summed E-state index contributed by atoms with van der Waals surface area (Å²) in [5.41, 5.74) is -4.09. The van der Waals surface area contributed by atoms with Crippen molar-refractivity contribution < 1.29 is 31.5 Å². The summed E-state index contributed by atoms with van der Waals surface area (Å²) in [6.07, 6.45) is -5.05. The highest BCUT2D eigenvalue weighted by atomic mass is 35.5. The fourth-order valence-corrected chi connectivity index (χ4v) is 3.85. The molecule has 0 unspecified atom stereocenters. The monoisotopic (exact) mass is 528 g/mol. The Hall–Kier alpha value is -3.61. The smallest absolute Gasteiger partial charge is 0.434 e. The van der Waals surface area contributed by atoms with E-state index in [1.165, 1.54) is 6.92 Å². The number of halogens is 6. The summed E-state index contributed by atoms with van der Waals surface area (Å²) in [6, 6.07) is 2.00. The van der Waals surface area contributed by atoms with Crippen LogP contribution in [0.3, 0.4) is 0 Å². The zero-order valence-corrected chi connectivity index (χ0v) is 20.0. The minimum atomic E-state index is -4.97. The van der Waals surface area contributed by atoms with E-state index in [1.807, 2.05) is 0 Å². The van der Waals surface area contributed by atoms with Crippen molar-refractivity contribution in [2.75, 3.05) is 5.32 Å². The van der Waals surface area contributed by atoms with Crippen LogP contribution in [0.25, 0.3) is 5.69 Å². The number of aliphatic imine (C=N–C) groups is 1. The highest BCUT2D eigenvalue weighted by molar-refractivity contribution is 6.37. The van der Waals surface area contributed by atoms with E-state index in [0.29, 0.717) is 0 Å². The minimum Gasteiger partial charge on any atom is -0.444 e. The number of carbonyl (C=O) groups excluding carboxylic acids is 1. The highest BCUT2D eigenvalue weighted by Gasteiger charge is 2.40.